The average Bonchev–Trinajstić information content (AvgIpc) is 2.73. The summed E-state index contributed by atoms with van der Waals surface area (Å²) in [6.45, 7) is 2.74. The van der Waals surface area contributed by atoms with E-state index < -0.39 is 21.8 Å². The number of amides is 2. The van der Waals surface area contributed by atoms with E-state index in [4.69, 9.17) is 9.47 Å². The molecule has 2 rings (SSSR count). The molecule has 0 saturated carbocycles. The summed E-state index contributed by atoms with van der Waals surface area (Å²) in [6, 6.07) is 10.2. The minimum atomic E-state index is -4.08. The largest absolute Gasteiger partial charge is 0.496 e. The number of anilines is 1. The van der Waals surface area contributed by atoms with E-state index in [0.717, 1.165) is 0 Å². The molecule has 0 atom stereocenters. The topological polar surface area (TPSA) is 123 Å². The maximum Gasteiger partial charge on any atom is 0.261 e. The second kappa shape index (κ2) is 10.6. The predicted octanol–water partition coefficient (Wildman–Crippen LogP) is 1.62. The normalized spacial score (nSPS) is 10.9. The fourth-order valence-corrected chi connectivity index (χ4v) is 3.73. The van der Waals surface area contributed by atoms with Gasteiger partial charge in [-0.15, -0.1) is 0 Å². The Hall–Kier alpha value is -3.11. The number of benzene rings is 2. The van der Waals surface area contributed by atoms with Gasteiger partial charge in [-0.25, -0.2) is 8.42 Å². The van der Waals surface area contributed by atoms with Crippen LogP contribution in [-0.2, 0) is 14.8 Å². The summed E-state index contributed by atoms with van der Waals surface area (Å²) in [5.74, 6) is -0.648. The molecule has 0 unspecified atom stereocenters. The number of carbonyl (C=O) groups is 2. The van der Waals surface area contributed by atoms with Crippen LogP contribution < -0.4 is 20.1 Å². The van der Waals surface area contributed by atoms with Crippen molar-refractivity contribution in [3.8, 4) is 5.75 Å². The second-order valence-electron chi connectivity index (χ2n) is 6.12. The van der Waals surface area contributed by atoms with Crippen molar-refractivity contribution in [2.24, 2.45) is 0 Å². The zero-order chi connectivity index (χ0) is 22.1. The molecule has 10 heteroatoms. The van der Waals surface area contributed by atoms with Gasteiger partial charge in [0.2, 0.25) is 0 Å². The molecule has 0 radical (unpaired) electrons. The summed E-state index contributed by atoms with van der Waals surface area (Å²) >= 11 is 0. The number of hydrogen-bond donors (Lipinski definition) is 3. The zero-order valence-corrected chi connectivity index (χ0v) is 17.8. The molecule has 0 saturated heterocycles. The highest BCUT2D eigenvalue weighted by atomic mass is 32.2. The molecule has 0 aromatic heterocycles. The molecule has 0 heterocycles. The molecule has 2 amide bonds. The Morgan fingerprint density at radius 3 is 2.33 bits per heavy atom. The van der Waals surface area contributed by atoms with Gasteiger partial charge in [-0.2, -0.15) is 0 Å². The fraction of sp³-hybridized carbons (Fsp3) is 0.300. The summed E-state index contributed by atoms with van der Waals surface area (Å²) in [7, 11) is -1.18. The van der Waals surface area contributed by atoms with E-state index in [1.165, 1.54) is 44.6 Å². The molecule has 2 aromatic carbocycles. The Balaban J connectivity index is 2.35. The Bertz CT molecular complexity index is 1010. The first-order chi connectivity index (χ1) is 14.3. The van der Waals surface area contributed by atoms with Crippen LogP contribution in [0.4, 0.5) is 5.69 Å². The SMILES string of the molecule is CCNC(=O)c1cc(S(=O)(=O)Nc2ccccc2C(=O)NCCOC)ccc1OC. The summed E-state index contributed by atoms with van der Waals surface area (Å²) in [4.78, 5) is 24.5. The van der Waals surface area contributed by atoms with Crippen molar-refractivity contribution in [2.75, 3.05) is 38.6 Å². The van der Waals surface area contributed by atoms with Crippen LogP contribution in [0.3, 0.4) is 0 Å². The van der Waals surface area contributed by atoms with Gasteiger partial charge in [-0.05, 0) is 37.3 Å². The van der Waals surface area contributed by atoms with Crippen molar-refractivity contribution >= 4 is 27.5 Å². The van der Waals surface area contributed by atoms with Crippen molar-refractivity contribution in [3.05, 3.63) is 53.6 Å². The van der Waals surface area contributed by atoms with E-state index in [9.17, 15) is 18.0 Å². The van der Waals surface area contributed by atoms with Gasteiger partial charge in [0.25, 0.3) is 21.8 Å². The first kappa shape index (κ1) is 23.2. The number of carbonyl (C=O) groups excluding carboxylic acids is 2. The maximum absolute atomic E-state index is 12.9. The number of methoxy groups -OCH3 is 2. The lowest BCUT2D eigenvalue weighted by atomic mass is 10.1. The Morgan fingerprint density at radius 2 is 1.67 bits per heavy atom. The Labute approximate surface area is 175 Å². The highest BCUT2D eigenvalue weighted by Crippen LogP contribution is 2.25. The molecule has 2 aromatic rings. The quantitative estimate of drug-likeness (QED) is 0.488. The van der Waals surface area contributed by atoms with Crippen LogP contribution in [0.1, 0.15) is 27.6 Å². The van der Waals surface area contributed by atoms with Crippen LogP contribution in [0.25, 0.3) is 0 Å². The number of hydrogen-bond acceptors (Lipinski definition) is 6. The first-order valence-electron chi connectivity index (χ1n) is 9.19. The monoisotopic (exact) mass is 435 g/mol. The number of rotatable bonds is 10. The first-order valence-corrected chi connectivity index (χ1v) is 10.7. The minimum absolute atomic E-state index is 0.0906. The molecule has 0 aliphatic rings. The van der Waals surface area contributed by atoms with Crippen molar-refractivity contribution in [2.45, 2.75) is 11.8 Å². The third-order valence-corrected chi connectivity index (χ3v) is 5.43. The van der Waals surface area contributed by atoms with Gasteiger partial charge in [0.1, 0.15) is 5.75 Å². The molecule has 0 aliphatic carbocycles. The summed E-state index contributed by atoms with van der Waals surface area (Å²) in [5.41, 5.74) is 0.366. The Morgan fingerprint density at radius 1 is 0.967 bits per heavy atom. The lowest BCUT2D eigenvalue weighted by molar-refractivity contribution is 0.0934. The number of nitrogens with one attached hydrogen (secondary N) is 3. The summed E-state index contributed by atoms with van der Waals surface area (Å²) < 4.78 is 38.3. The number of para-hydroxylation sites is 1. The molecular formula is C20H25N3O6S. The van der Waals surface area contributed by atoms with Gasteiger partial charge in [0.05, 0.1) is 35.4 Å². The van der Waals surface area contributed by atoms with Gasteiger partial charge in [0.15, 0.2) is 0 Å². The molecule has 0 bridgehead atoms. The van der Waals surface area contributed by atoms with Gasteiger partial charge < -0.3 is 20.1 Å². The van der Waals surface area contributed by atoms with Gasteiger partial charge in [0, 0.05) is 20.2 Å². The molecule has 30 heavy (non-hydrogen) atoms. The predicted molar refractivity (Wildman–Crippen MR) is 112 cm³/mol. The van der Waals surface area contributed by atoms with Crippen LogP contribution in [0.5, 0.6) is 5.75 Å². The van der Waals surface area contributed by atoms with E-state index in [-0.39, 0.29) is 34.0 Å². The fourth-order valence-electron chi connectivity index (χ4n) is 2.62. The number of ether oxygens (including phenoxy) is 2. The lowest BCUT2D eigenvalue weighted by Gasteiger charge is -2.14. The van der Waals surface area contributed by atoms with Gasteiger partial charge in [-0.3, -0.25) is 14.3 Å². The van der Waals surface area contributed by atoms with E-state index in [0.29, 0.717) is 13.2 Å². The third-order valence-electron chi connectivity index (χ3n) is 4.07. The van der Waals surface area contributed by atoms with E-state index >= 15 is 0 Å². The molecule has 162 valence electrons. The van der Waals surface area contributed by atoms with E-state index in [1.807, 2.05) is 0 Å². The van der Waals surface area contributed by atoms with Crippen LogP contribution in [0, 0.1) is 0 Å². The summed E-state index contributed by atoms with van der Waals surface area (Å²) in [6.07, 6.45) is 0. The van der Waals surface area contributed by atoms with Crippen molar-refractivity contribution < 1.29 is 27.5 Å². The molecular weight excluding hydrogens is 410 g/mol. The van der Waals surface area contributed by atoms with Crippen LogP contribution in [0.2, 0.25) is 0 Å². The van der Waals surface area contributed by atoms with Gasteiger partial charge >= 0.3 is 0 Å². The molecule has 0 fully saturated rings. The third kappa shape index (κ3) is 5.71. The van der Waals surface area contributed by atoms with E-state index in [1.54, 1.807) is 19.1 Å². The van der Waals surface area contributed by atoms with Crippen molar-refractivity contribution in [3.63, 3.8) is 0 Å². The smallest absolute Gasteiger partial charge is 0.261 e. The van der Waals surface area contributed by atoms with Crippen LogP contribution in [-0.4, -0.2) is 54.1 Å². The lowest BCUT2D eigenvalue weighted by Crippen LogP contribution is -2.28. The standard InChI is InChI=1S/C20H25N3O6S/c1-4-21-20(25)16-13-14(9-10-18(16)29-3)30(26,27)23-17-8-6-5-7-15(17)19(24)22-11-12-28-2/h5-10,13,23H,4,11-12H2,1-3H3,(H,21,25)(H,22,24). The van der Waals surface area contributed by atoms with Crippen LogP contribution in [0.15, 0.2) is 47.4 Å². The Kier molecular flexibility index (Phi) is 8.19. The maximum atomic E-state index is 12.9. The zero-order valence-electron chi connectivity index (χ0n) is 17.0. The second-order valence-corrected chi connectivity index (χ2v) is 7.80. The van der Waals surface area contributed by atoms with Crippen LogP contribution >= 0.6 is 0 Å². The highest BCUT2D eigenvalue weighted by Gasteiger charge is 2.22. The molecule has 3 N–H and O–H groups in total. The number of sulfonamides is 1. The average molecular weight is 436 g/mol. The highest BCUT2D eigenvalue weighted by molar-refractivity contribution is 7.92. The van der Waals surface area contributed by atoms with E-state index in [2.05, 4.69) is 15.4 Å². The molecule has 0 aliphatic heterocycles. The molecule has 9 nitrogen and oxygen atoms in total. The summed E-state index contributed by atoms with van der Waals surface area (Å²) in [5, 5.41) is 5.27. The van der Waals surface area contributed by atoms with Crippen molar-refractivity contribution in [1.82, 2.24) is 10.6 Å². The van der Waals surface area contributed by atoms with Crippen molar-refractivity contribution in [1.29, 1.82) is 0 Å². The molecule has 0 spiro atoms. The van der Waals surface area contributed by atoms with Gasteiger partial charge in [-0.1, -0.05) is 12.1 Å². The minimum Gasteiger partial charge on any atom is -0.496 e.